The fourth-order valence-electron chi connectivity index (χ4n) is 3.44. The normalized spacial score (nSPS) is 15.2. The Morgan fingerprint density at radius 3 is 2.70 bits per heavy atom. The summed E-state index contributed by atoms with van der Waals surface area (Å²) in [5.41, 5.74) is 5.24. The molecular formula is C22H16ClN3O. The van der Waals surface area contributed by atoms with Crippen molar-refractivity contribution in [1.82, 2.24) is 9.55 Å². The van der Waals surface area contributed by atoms with Crippen LogP contribution in [0.25, 0.3) is 5.69 Å². The molecule has 4 nitrogen and oxygen atoms in total. The number of Topliss-reactive ketones (excluding diaryl/α,β-unsaturated/α-hetero) is 1. The van der Waals surface area contributed by atoms with E-state index in [1.165, 1.54) is 6.92 Å². The fraction of sp³-hybridized carbons (Fsp3) is 0.136. The highest BCUT2D eigenvalue weighted by Gasteiger charge is 2.28. The van der Waals surface area contributed by atoms with Gasteiger partial charge in [-0.2, -0.15) is 0 Å². The first-order valence-corrected chi connectivity index (χ1v) is 8.91. The van der Waals surface area contributed by atoms with Crippen molar-refractivity contribution in [2.45, 2.75) is 19.9 Å². The van der Waals surface area contributed by atoms with Gasteiger partial charge in [0.1, 0.15) is 12.0 Å². The fourth-order valence-corrected chi connectivity index (χ4v) is 3.66. The Kier molecular flexibility index (Phi) is 4.18. The van der Waals surface area contributed by atoms with Gasteiger partial charge in [0, 0.05) is 28.6 Å². The van der Waals surface area contributed by atoms with Gasteiger partial charge >= 0.3 is 0 Å². The lowest BCUT2D eigenvalue weighted by Crippen LogP contribution is -2.08. The van der Waals surface area contributed by atoms with Crippen molar-refractivity contribution in [3.63, 3.8) is 0 Å². The number of carbonyl (C=O) groups is 1. The number of terminal acetylenes is 1. The zero-order chi connectivity index (χ0) is 19.1. The summed E-state index contributed by atoms with van der Waals surface area (Å²) < 4.78 is 1.92. The Bertz CT molecular complexity index is 1150. The zero-order valence-electron chi connectivity index (χ0n) is 14.9. The van der Waals surface area contributed by atoms with Crippen molar-refractivity contribution in [2.75, 3.05) is 0 Å². The summed E-state index contributed by atoms with van der Waals surface area (Å²) in [6, 6.07) is 13.0. The highest BCUT2D eigenvalue weighted by atomic mass is 35.5. The largest absolute Gasteiger partial charge is 0.300 e. The van der Waals surface area contributed by atoms with Crippen molar-refractivity contribution >= 4 is 23.1 Å². The topological polar surface area (TPSA) is 47.2 Å². The van der Waals surface area contributed by atoms with Crippen LogP contribution in [0.4, 0.5) is 0 Å². The maximum atomic E-state index is 12.1. The highest BCUT2D eigenvalue weighted by molar-refractivity contribution is 6.35. The maximum absolute atomic E-state index is 12.1. The number of halogens is 1. The van der Waals surface area contributed by atoms with Crippen LogP contribution in [-0.4, -0.2) is 21.0 Å². The average Bonchev–Trinajstić information content (AvgIpc) is 3.07. The number of aromatic nitrogens is 2. The second kappa shape index (κ2) is 6.53. The molecule has 0 amide bonds. The number of benzene rings is 2. The molecule has 1 aliphatic rings. The average molecular weight is 374 g/mol. The number of ketones is 1. The lowest BCUT2D eigenvalue weighted by Gasteiger charge is -2.13. The van der Waals surface area contributed by atoms with Crippen LogP contribution in [0.3, 0.4) is 0 Å². The number of aliphatic imine (C=N–C) groups is 1. The summed E-state index contributed by atoms with van der Waals surface area (Å²) >= 11 is 6.47. The van der Waals surface area contributed by atoms with E-state index in [1.54, 1.807) is 6.33 Å². The Balaban J connectivity index is 2.08. The maximum Gasteiger partial charge on any atom is 0.180 e. The van der Waals surface area contributed by atoms with Gasteiger partial charge in [-0.25, -0.2) is 4.98 Å². The van der Waals surface area contributed by atoms with E-state index in [4.69, 9.17) is 23.0 Å². The summed E-state index contributed by atoms with van der Waals surface area (Å²) in [6.07, 6.45) is 7.29. The van der Waals surface area contributed by atoms with Crippen LogP contribution in [0.2, 0.25) is 5.02 Å². The standard InChI is InChI=1S/C22H16ClN3O/c1-4-15-9-10-19-17(11-15)21(16-7-5-6-8-18(16)23)25-13(2)22-20(14(3)27)24-12-26(19)22/h1,5-13H,2-3H3/t13-/m1/s1. The van der Waals surface area contributed by atoms with E-state index < -0.39 is 0 Å². The van der Waals surface area contributed by atoms with E-state index in [1.807, 2.05) is 54.0 Å². The van der Waals surface area contributed by atoms with Crippen LogP contribution in [0.15, 0.2) is 53.8 Å². The van der Waals surface area contributed by atoms with Gasteiger partial charge in [0.2, 0.25) is 0 Å². The second-order valence-electron chi connectivity index (χ2n) is 6.41. The van der Waals surface area contributed by atoms with E-state index in [2.05, 4.69) is 10.9 Å². The second-order valence-corrected chi connectivity index (χ2v) is 6.82. The van der Waals surface area contributed by atoms with Crippen LogP contribution in [-0.2, 0) is 0 Å². The number of nitrogens with zero attached hydrogens (tertiary/aromatic N) is 3. The summed E-state index contributed by atoms with van der Waals surface area (Å²) in [5.74, 6) is 2.59. The first-order valence-electron chi connectivity index (χ1n) is 8.53. The van der Waals surface area contributed by atoms with Crippen LogP contribution in [0, 0.1) is 12.3 Å². The summed E-state index contributed by atoms with van der Waals surface area (Å²) in [4.78, 5) is 21.3. The zero-order valence-corrected chi connectivity index (χ0v) is 15.7. The van der Waals surface area contributed by atoms with E-state index >= 15 is 0 Å². The number of hydrogen-bond donors (Lipinski definition) is 0. The van der Waals surface area contributed by atoms with Gasteiger partial charge in [-0.15, -0.1) is 6.42 Å². The van der Waals surface area contributed by atoms with Crippen LogP contribution in [0.1, 0.15) is 52.8 Å². The van der Waals surface area contributed by atoms with Crippen molar-refractivity contribution < 1.29 is 4.79 Å². The molecule has 1 aromatic heterocycles. The first kappa shape index (κ1) is 17.3. The summed E-state index contributed by atoms with van der Waals surface area (Å²) in [5, 5.41) is 0.608. The molecule has 0 saturated carbocycles. The Morgan fingerprint density at radius 2 is 2.00 bits per heavy atom. The molecule has 1 aliphatic heterocycles. The number of hydrogen-bond acceptors (Lipinski definition) is 3. The van der Waals surface area contributed by atoms with Gasteiger partial charge < -0.3 is 0 Å². The van der Waals surface area contributed by atoms with Gasteiger partial charge in [-0.05, 0) is 31.2 Å². The molecule has 3 aromatic rings. The molecule has 2 heterocycles. The number of imidazole rings is 1. The molecule has 1 atom stereocenters. The van der Waals surface area contributed by atoms with Gasteiger partial charge in [-0.3, -0.25) is 14.4 Å². The number of fused-ring (bicyclic) bond motifs is 3. The number of rotatable bonds is 2. The molecule has 0 unspecified atom stereocenters. The summed E-state index contributed by atoms with van der Waals surface area (Å²) in [7, 11) is 0. The van der Waals surface area contributed by atoms with Gasteiger partial charge in [0.25, 0.3) is 0 Å². The van der Waals surface area contributed by atoms with Crippen molar-refractivity contribution in [3.8, 4) is 18.0 Å². The van der Waals surface area contributed by atoms with E-state index in [9.17, 15) is 4.79 Å². The third kappa shape index (κ3) is 2.77. The SMILES string of the molecule is C#Cc1ccc2c(c1)C(c1ccccc1Cl)=N[C@H](C)c1c(C(C)=O)ncn1-2. The molecule has 27 heavy (non-hydrogen) atoms. The lowest BCUT2D eigenvalue weighted by atomic mass is 9.98. The third-order valence-corrected chi connectivity index (χ3v) is 4.99. The molecule has 132 valence electrons. The molecule has 0 N–H and O–H groups in total. The Labute approximate surface area is 162 Å². The van der Waals surface area contributed by atoms with Crippen LogP contribution < -0.4 is 0 Å². The summed E-state index contributed by atoms with van der Waals surface area (Å²) in [6.45, 7) is 3.46. The predicted octanol–water partition coefficient (Wildman–Crippen LogP) is 4.62. The minimum atomic E-state index is -0.278. The molecular weight excluding hydrogens is 358 g/mol. The van der Waals surface area contributed by atoms with Crippen molar-refractivity contribution in [1.29, 1.82) is 0 Å². The molecule has 0 spiro atoms. The first-order chi connectivity index (χ1) is 13.0. The van der Waals surface area contributed by atoms with Crippen molar-refractivity contribution in [3.05, 3.63) is 81.9 Å². The Morgan fingerprint density at radius 1 is 1.22 bits per heavy atom. The van der Waals surface area contributed by atoms with E-state index in [-0.39, 0.29) is 11.8 Å². The molecule has 0 saturated heterocycles. The van der Waals surface area contributed by atoms with Crippen LogP contribution >= 0.6 is 11.6 Å². The van der Waals surface area contributed by atoms with Gasteiger partial charge in [0.05, 0.1) is 23.1 Å². The minimum Gasteiger partial charge on any atom is -0.300 e. The quantitative estimate of drug-likeness (QED) is 0.486. The van der Waals surface area contributed by atoms with Gasteiger partial charge in [-0.1, -0.05) is 35.7 Å². The molecule has 0 radical (unpaired) electrons. The van der Waals surface area contributed by atoms with Crippen molar-refractivity contribution in [2.24, 2.45) is 4.99 Å². The van der Waals surface area contributed by atoms with E-state index in [0.29, 0.717) is 10.7 Å². The van der Waals surface area contributed by atoms with Gasteiger partial charge in [0.15, 0.2) is 5.78 Å². The predicted molar refractivity (Wildman–Crippen MR) is 107 cm³/mol. The molecule has 5 heteroatoms. The molecule has 0 aliphatic carbocycles. The minimum absolute atomic E-state index is 0.0891. The molecule has 0 fully saturated rings. The molecule has 2 aromatic carbocycles. The monoisotopic (exact) mass is 373 g/mol. The lowest BCUT2D eigenvalue weighted by molar-refractivity contribution is 0.101. The molecule has 4 rings (SSSR count). The number of carbonyl (C=O) groups excluding carboxylic acids is 1. The highest BCUT2D eigenvalue weighted by Crippen LogP contribution is 2.34. The third-order valence-electron chi connectivity index (χ3n) is 4.66. The van der Waals surface area contributed by atoms with E-state index in [0.717, 1.165) is 33.8 Å². The Hall–Kier alpha value is -3.16. The smallest absolute Gasteiger partial charge is 0.180 e. The molecule has 0 bridgehead atoms. The van der Waals surface area contributed by atoms with Crippen LogP contribution in [0.5, 0.6) is 0 Å².